The third-order valence-electron chi connectivity index (χ3n) is 0.929. The Hall–Kier alpha value is -1.36. The summed E-state index contributed by atoms with van der Waals surface area (Å²) in [5, 5.41) is 7.66. The van der Waals surface area contributed by atoms with Crippen molar-refractivity contribution in [3.8, 4) is 0 Å². The van der Waals surface area contributed by atoms with Crippen LogP contribution in [0.5, 0.6) is 0 Å². The van der Waals surface area contributed by atoms with Crippen LogP contribution in [0.25, 0.3) is 0 Å². The molecule has 0 aliphatic heterocycles. The Labute approximate surface area is 76.9 Å². The molecule has 5 heteroatoms. The van der Waals surface area contributed by atoms with Gasteiger partial charge in [-0.2, -0.15) is 5.26 Å². The number of ether oxygens (including phenoxy) is 1. The van der Waals surface area contributed by atoms with Gasteiger partial charge in [0.15, 0.2) is 0 Å². The molecule has 1 N–H and O–H groups in total. The van der Waals surface area contributed by atoms with E-state index in [2.05, 4.69) is 16.2 Å². The normalized spacial score (nSPS) is 8.08. The van der Waals surface area contributed by atoms with Crippen molar-refractivity contribution in [1.29, 1.82) is 0 Å². The van der Waals surface area contributed by atoms with Crippen molar-refractivity contribution >= 4 is 11.9 Å². The van der Waals surface area contributed by atoms with Crippen molar-refractivity contribution in [3.05, 3.63) is 12.7 Å². The number of hydrogen-bond acceptors (Lipinski definition) is 5. The predicted octanol–water partition coefficient (Wildman–Crippen LogP) is 1.00. The van der Waals surface area contributed by atoms with Crippen LogP contribution in [0.15, 0.2) is 12.7 Å². The van der Waals surface area contributed by atoms with Crippen molar-refractivity contribution < 1.29 is 24.5 Å². The lowest BCUT2D eigenvalue weighted by Gasteiger charge is -1.94. The molecule has 0 spiro atoms. The van der Waals surface area contributed by atoms with Crippen LogP contribution in [0, 0.1) is 5.92 Å². The fourth-order valence-corrected chi connectivity index (χ4v) is 0.189. The Kier molecular flexibility index (Phi) is 9.53. The molecule has 0 saturated carbocycles. The summed E-state index contributed by atoms with van der Waals surface area (Å²) in [6.07, 6.45) is 1.11. The predicted molar refractivity (Wildman–Crippen MR) is 45.8 cm³/mol. The van der Waals surface area contributed by atoms with E-state index in [4.69, 9.17) is 5.26 Å². The minimum Gasteiger partial charge on any atom is -0.466 e. The molecule has 0 heterocycles. The van der Waals surface area contributed by atoms with Gasteiger partial charge >= 0.3 is 11.9 Å². The molecule has 0 atom stereocenters. The highest BCUT2D eigenvalue weighted by Crippen LogP contribution is 1.91. The van der Waals surface area contributed by atoms with Crippen LogP contribution in [0.3, 0.4) is 0 Å². The van der Waals surface area contributed by atoms with E-state index >= 15 is 0 Å². The van der Waals surface area contributed by atoms with Gasteiger partial charge in [0, 0.05) is 6.08 Å². The zero-order chi connectivity index (χ0) is 10.9. The van der Waals surface area contributed by atoms with Gasteiger partial charge in [0.25, 0.3) is 0 Å². The average molecular weight is 190 g/mol. The van der Waals surface area contributed by atoms with Gasteiger partial charge < -0.3 is 9.62 Å². The van der Waals surface area contributed by atoms with Gasteiger partial charge in [0.05, 0.1) is 13.0 Å². The first-order valence-corrected chi connectivity index (χ1v) is 3.55. The molecule has 13 heavy (non-hydrogen) atoms. The lowest BCUT2D eigenvalue weighted by Crippen LogP contribution is -2.08. The smallest absolute Gasteiger partial charge is 0.344 e. The van der Waals surface area contributed by atoms with Gasteiger partial charge in [-0.05, 0) is 0 Å². The van der Waals surface area contributed by atoms with Crippen LogP contribution in [0.2, 0.25) is 0 Å². The molecular weight excluding hydrogens is 176 g/mol. The molecule has 0 aromatic rings. The van der Waals surface area contributed by atoms with Gasteiger partial charge in [-0.1, -0.05) is 20.4 Å². The fourth-order valence-electron chi connectivity index (χ4n) is 0.189. The molecule has 0 amide bonds. The second kappa shape index (κ2) is 8.73. The molecule has 5 nitrogen and oxygen atoms in total. The van der Waals surface area contributed by atoms with Gasteiger partial charge in [-0.25, -0.2) is 9.59 Å². The molecule has 0 radical (unpaired) electrons. The highest BCUT2D eigenvalue weighted by molar-refractivity contribution is 5.80. The van der Waals surface area contributed by atoms with Crippen LogP contribution in [0.4, 0.5) is 0 Å². The largest absolute Gasteiger partial charge is 0.466 e. The van der Waals surface area contributed by atoms with Crippen molar-refractivity contribution in [2.24, 2.45) is 5.92 Å². The van der Waals surface area contributed by atoms with Gasteiger partial charge in [0.1, 0.15) is 0 Å². The maximum Gasteiger partial charge on any atom is 0.344 e. The van der Waals surface area contributed by atoms with Crippen LogP contribution < -0.4 is 0 Å². The Morgan fingerprint density at radius 1 is 1.46 bits per heavy atom. The molecule has 0 aromatic heterocycles. The summed E-state index contributed by atoms with van der Waals surface area (Å²) >= 11 is 0. The molecule has 0 aliphatic carbocycles. The van der Waals surface area contributed by atoms with E-state index in [1.54, 1.807) is 13.8 Å². The lowest BCUT2D eigenvalue weighted by atomic mass is 10.2. The van der Waals surface area contributed by atoms with E-state index in [0.29, 0.717) is 0 Å². The van der Waals surface area contributed by atoms with Crippen molar-refractivity contribution in [2.75, 3.05) is 7.11 Å². The number of carbonyl (C=O) groups is 2. The summed E-state index contributed by atoms with van der Waals surface area (Å²) in [5.41, 5.74) is 0. The Balaban J connectivity index is 0. The second-order valence-electron chi connectivity index (χ2n) is 2.29. The van der Waals surface area contributed by atoms with Crippen molar-refractivity contribution in [3.63, 3.8) is 0 Å². The molecule has 76 valence electrons. The summed E-state index contributed by atoms with van der Waals surface area (Å²) in [5.74, 6) is -1.24. The van der Waals surface area contributed by atoms with Gasteiger partial charge in [-0.15, -0.1) is 0 Å². The first-order valence-electron chi connectivity index (χ1n) is 3.55. The van der Waals surface area contributed by atoms with Crippen LogP contribution >= 0.6 is 0 Å². The molecule has 0 fully saturated rings. The molecule has 0 aliphatic rings. The van der Waals surface area contributed by atoms with E-state index in [-0.39, 0.29) is 5.92 Å². The summed E-state index contributed by atoms with van der Waals surface area (Å²) < 4.78 is 4.14. The summed E-state index contributed by atoms with van der Waals surface area (Å²) in [4.78, 5) is 23.3. The number of hydrogen-bond donors (Lipinski definition) is 1. The molecular formula is C8H14O5. The minimum absolute atomic E-state index is 0.245. The van der Waals surface area contributed by atoms with Crippen molar-refractivity contribution in [2.45, 2.75) is 13.8 Å². The molecule has 0 rings (SSSR count). The van der Waals surface area contributed by atoms with E-state index in [1.165, 1.54) is 7.11 Å². The Morgan fingerprint density at radius 3 is 1.92 bits per heavy atom. The van der Waals surface area contributed by atoms with Crippen LogP contribution in [-0.2, 0) is 19.2 Å². The lowest BCUT2D eigenvalue weighted by molar-refractivity contribution is -0.237. The van der Waals surface area contributed by atoms with Crippen molar-refractivity contribution in [1.82, 2.24) is 0 Å². The first kappa shape index (κ1) is 14.2. The summed E-state index contributed by atoms with van der Waals surface area (Å²) in [6, 6.07) is 0. The summed E-state index contributed by atoms with van der Waals surface area (Å²) in [7, 11) is 1.31. The van der Waals surface area contributed by atoms with Gasteiger partial charge in [-0.3, -0.25) is 0 Å². The van der Waals surface area contributed by atoms with E-state index in [0.717, 1.165) is 6.08 Å². The third-order valence-corrected chi connectivity index (χ3v) is 0.929. The fraction of sp³-hybridized carbons (Fsp3) is 0.500. The highest BCUT2D eigenvalue weighted by Gasteiger charge is 2.05. The van der Waals surface area contributed by atoms with Crippen LogP contribution in [-0.4, -0.2) is 24.3 Å². The third kappa shape index (κ3) is 10.6. The zero-order valence-electron chi connectivity index (χ0n) is 7.94. The SMILES string of the molecule is C=CC(=O)OC.CC(C)C(=O)OO. The maximum absolute atomic E-state index is 10.0. The number of carbonyl (C=O) groups excluding carboxylic acids is 2. The van der Waals surface area contributed by atoms with Gasteiger partial charge in [0.2, 0.25) is 0 Å². The van der Waals surface area contributed by atoms with E-state index in [9.17, 15) is 9.59 Å². The summed E-state index contributed by atoms with van der Waals surface area (Å²) in [6.45, 7) is 6.43. The quantitative estimate of drug-likeness (QED) is 0.304. The Morgan fingerprint density at radius 2 is 1.92 bits per heavy atom. The van der Waals surface area contributed by atoms with Crippen LogP contribution in [0.1, 0.15) is 13.8 Å². The van der Waals surface area contributed by atoms with E-state index in [1.807, 2.05) is 0 Å². The zero-order valence-corrected chi connectivity index (χ0v) is 7.94. The first-order chi connectivity index (χ1) is 5.99. The topological polar surface area (TPSA) is 72.8 Å². The standard InChI is InChI=1S/C4H8O3.C4H6O2/c1-3(2)4(5)7-6;1-3-4(5)6-2/h3,6H,1-2H3;3H,1H2,2H3. The number of esters is 1. The highest BCUT2D eigenvalue weighted by atomic mass is 17.1. The monoisotopic (exact) mass is 190 g/mol. The average Bonchev–Trinajstić information content (AvgIpc) is 2.16. The number of rotatable bonds is 2. The molecule has 0 bridgehead atoms. The molecule has 0 saturated heterocycles. The van der Waals surface area contributed by atoms with E-state index < -0.39 is 11.9 Å². The minimum atomic E-state index is -0.597. The molecule has 0 unspecified atom stereocenters. The second-order valence-corrected chi connectivity index (χ2v) is 2.29. The number of methoxy groups -OCH3 is 1. The molecule has 0 aromatic carbocycles. The Bertz CT molecular complexity index is 173. The maximum atomic E-state index is 10.0.